The second-order valence-electron chi connectivity index (χ2n) is 8.61. The van der Waals surface area contributed by atoms with Gasteiger partial charge in [-0.05, 0) is 61.9 Å². The van der Waals surface area contributed by atoms with Gasteiger partial charge in [0.05, 0.1) is 18.7 Å². The highest BCUT2D eigenvalue weighted by Gasteiger charge is 2.23. The second kappa shape index (κ2) is 11.4. The lowest BCUT2D eigenvalue weighted by Gasteiger charge is -2.21. The third kappa shape index (κ3) is 6.35. The van der Waals surface area contributed by atoms with Crippen molar-refractivity contribution in [3.05, 3.63) is 77.4 Å². The fraction of sp³-hybridized carbons (Fsp3) is 0.259. The average molecular weight is 541 g/mol. The minimum Gasteiger partial charge on any atom is -0.495 e. The Morgan fingerprint density at radius 3 is 2.39 bits per heavy atom. The molecular formula is C27H28N2O8S. The van der Waals surface area contributed by atoms with Crippen LogP contribution in [0.15, 0.2) is 65.6 Å². The minimum atomic E-state index is -4.09. The summed E-state index contributed by atoms with van der Waals surface area (Å²) in [5.74, 6) is -0.0948. The first-order chi connectivity index (χ1) is 18.2. The maximum atomic E-state index is 13.0. The van der Waals surface area contributed by atoms with E-state index >= 15 is 0 Å². The largest absolute Gasteiger partial charge is 0.495 e. The Morgan fingerprint density at radius 2 is 1.68 bits per heavy atom. The van der Waals surface area contributed by atoms with E-state index in [1.165, 1.54) is 19.2 Å². The molecule has 4 rings (SSSR count). The highest BCUT2D eigenvalue weighted by atomic mass is 32.2. The first-order valence-electron chi connectivity index (χ1n) is 11.8. The molecule has 38 heavy (non-hydrogen) atoms. The molecule has 3 aromatic carbocycles. The molecule has 1 aliphatic rings. The van der Waals surface area contributed by atoms with Crippen LogP contribution in [-0.2, 0) is 19.6 Å². The van der Waals surface area contributed by atoms with Crippen molar-refractivity contribution in [1.82, 2.24) is 5.32 Å². The zero-order chi connectivity index (χ0) is 27.3. The molecule has 1 amide bonds. The fourth-order valence-electron chi connectivity index (χ4n) is 3.76. The number of hydrogen-bond donors (Lipinski definition) is 2. The van der Waals surface area contributed by atoms with Gasteiger partial charge in [0.1, 0.15) is 23.9 Å². The molecule has 2 N–H and O–H groups in total. The Bertz CT molecular complexity index is 1440. The Labute approximate surface area is 220 Å². The Hall–Kier alpha value is -4.25. The average Bonchev–Trinajstić information content (AvgIpc) is 2.92. The van der Waals surface area contributed by atoms with Gasteiger partial charge in [0.15, 0.2) is 18.1 Å². The van der Waals surface area contributed by atoms with E-state index in [-0.39, 0.29) is 22.3 Å². The number of hydrogen-bond acceptors (Lipinski definition) is 8. The van der Waals surface area contributed by atoms with Crippen molar-refractivity contribution >= 4 is 27.6 Å². The van der Waals surface area contributed by atoms with Gasteiger partial charge >= 0.3 is 5.97 Å². The molecule has 1 unspecified atom stereocenters. The summed E-state index contributed by atoms with van der Waals surface area (Å²) in [6.45, 7) is 4.05. The summed E-state index contributed by atoms with van der Waals surface area (Å²) in [4.78, 5) is 24.8. The summed E-state index contributed by atoms with van der Waals surface area (Å²) in [5.41, 5.74) is 2.07. The van der Waals surface area contributed by atoms with Crippen LogP contribution in [-0.4, -0.2) is 47.2 Å². The predicted octanol–water partition coefficient (Wildman–Crippen LogP) is 3.61. The number of benzene rings is 3. The van der Waals surface area contributed by atoms with Gasteiger partial charge in [-0.3, -0.25) is 9.52 Å². The van der Waals surface area contributed by atoms with Crippen molar-refractivity contribution in [3.8, 4) is 17.2 Å². The Balaban J connectivity index is 1.40. The molecule has 0 spiro atoms. The van der Waals surface area contributed by atoms with Crippen LogP contribution in [0.3, 0.4) is 0 Å². The van der Waals surface area contributed by atoms with Crippen LogP contribution in [0.25, 0.3) is 0 Å². The van der Waals surface area contributed by atoms with Crippen molar-refractivity contribution in [2.75, 3.05) is 31.7 Å². The smallest absolute Gasteiger partial charge is 0.338 e. The first kappa shape index (κ1) is 26.8. The van der Waals surface area contributed by atoms with Crippen molar-refractivity contribution < 1.29 is 37.0 Å². The number of sulfonamides is 1. The number of nitrogens with one attached hydrogen (secondary N) is 2. The van der Waals surface area contributed by atoms with Gasteiger partial charge < -0.3 is 24.3 Å². The van der Waals surface area contributed by atoms with Gasteiger partial charge in [-0.25, -0.2) is 13.2 Å². The summed E-state index contributed by atoms with van der Waals surface area (Å²) in [5, 5.41) is 2.76. The van der Waals surface area contributed by atoms with Gasteiger partial charge in [-0.1, -0.05) is 23.8 Å². The second-order valence-corrected chi connectivity index (χ2v) is 10.3. The first-order valence-corrected chi connectivity index (χ1v) is 13.3. The molecule has 11 heteroatoms. The molecule has 0 aliphatic carbocycles. The van der Waals surface area contributed by atoms with Crippen molar-refractivity contribution in [2.45, 2.75) is 24.8 Å². The van der Waals surface area contributed by atoms with E-state index < -0.39 is 28.5 Å². The van der Waals surface area contributed by atoms with Gasteiger partial charge in [-0.2, -0.15) is 0 Å². The maximum Gasteiger partial charge on any atom is 0.338 e. The van der Waals surface area contributed by atoms with E-state index in [1.54, 1.807) is 43.3 Å². The Morgan fingerprint density at radius 1 is 0.974 bits per heavy atom. The maximum absolute atomic E-state index is 13.0. The standard InChI is InChI=1S/C27H28N2O8S/c1-17-4-8-21(9-5-17)29-38(32,33)25-15-20(7-11-23(25)34-3)27(31)37-16-26(30)28-18(2)19-6-10-22-24(14-19)36-13-12-35-22/h4-11,14-15,18,29H,12-13,16H2,1-3H3,(H,28,30). The molecule has 1 atom stereocenters. The van der Waals surface area contributed by atoms with E-state index in [0.717, 1.165) is 17.2 Å². The number of rotatable bonds is 9. The van der Waals surface area contributed by atoms with Crippen LogP contribution in [0.4, 0.5) is 5.69 Å². The van der Waals surface area contributed by atoms with E-state index in [0.29, 0.717) is 30.4 Å². The number of amides is 1. The third-order valence-corrected chi connectivity index (χ3v) is 7.17. The topological polar surface area (TPSA) is 129 Å². The number of ether oxygens (including phenoxy) is 4. The number of carbonyl (C=O) groups is 2. The highest BCUT2D eigenvalue weighted by Crippen LogP contribution is 2.32. The number of anilines is 1. The van der Waals surface area contributed by atoms with Gasteiger partial charge in [-0.15, -0.1) is 0 Å². The molecule has 0 saturated carbocycles. The summed E-state index contributed by atoms with van der Waals surface area (Å²) in [6, 6.07) is 15.6. The predicted molar refractivity (Wildman–Crippen MR) is 139 cm³/mol. The zero-order valence-corrected chi connectivity index (χ0v) is 22.0. The quantitative estimate of drug-likeness (QED) is 0.394. The summed E-state index contributed by atoms with van der Waals surface area (Å²) in [7, 11) is -2.77. The molecule has 10 nitrogen and oxygen atoms in total. The molecule has 1 heterocycles. The lowest BCUT2D eigenvalue weighted by atomic mass is 10.1. The summed E-state index contributed by atoms with van der Waals surface area (Å²) < 4.78 is 49.9. The lowest BCUT2D eigenvalue weighted by molar-refractivity contribution is -0.124. The van der Waals surface area contributed by atoms with Crippen LogP contribution >= 0.6 is 0 Å². The SMILES string of the molecule is COc1ccc(C(=O)OCC(=O)NC(C)c2ccc3c(c2)OCCO3)cc1S(=O)(=O)Nc1ccc(C)cc1. The van der Waals surface area contributed by atoms with Crippen LogP contribution in [0.2, 0.25) is 0 Å². The van der Waals surface area contributed by atoms with E-state index in [1.807, 2.05) is 13.0 Å². The minimum absolute atomic E-state index is 0.0483. The van der Waals surface area contributed by atoms with Crippen molar-refractivity contribution in [2.24, 2.45) is 0 Å². The monoisotopic (exact) mass is 540 g/mol. The Kier molecular flexibility index (Phi) is 8.06. The third-order valence-electron chi connectivity index (χ3n) is 5.77. The number of fused-ring (bicyclic) bond motifs is 1. The van der Waals surface area contributed by atoms with Crippen LogP contribution in [0, 0.1) is 6.92 Å². The van der Waals surface area contributed by atoms with E-state index in [9.17, 15) is 18.0 Å². The molecule has 200 valence electrons. The zero-order valence-electron chi connectivity index (χ0n) is 21.1. The molecule has 1 aliphatic heterocycles. The van der Waals surface area contributed by atoms with Gasteiger partial charge in [0.2, 0.25) is 0 Å². The number of esters is 1. The molecule has 0 fully saturated rings. The molecule has 0 saturated heterocycles. The normalized spacial score (nSPS) is 13.2. The highest BCUT2D eigenvalue weighted by molar-refractivity contribution is 7.92. The number of methoxy groups -OCH3 is 1. The lowest BCUT2D eigenvalue weighted by Crippen LogP contribution is -2.31. The molecular weight excluding hydrogens is 512 g/mol. The van der Waals surface area contributed by atoms with Crippen molar-refractivity contribution in [1.29, 1.82) is 0 Å². The fourth-order valence-corrected chi connectivity index (χ4v) is 5.01. The summed E-state index contributed by atoms with van der Waals surface area (Å²) >= 11 is 0. The van der Waals surface area contributed by atoms with E-state index in [2.05, 4.69) is 10.0 Å². The molecule has 3 aromatic rings. The summed E-state index contributed by atoms with van der Waals surface area (Å²) in [6.07, 6.45) is 0. The van der Waals surface area contributed by atoms with Gasteiger partial charge in [0, 0.05) is 5.69 Å². The number of carbonyl (C=O) groups excluding carboxylic acids is 2. The number of aryl methyl sites for hydroxylation is 1. The molecule has 0 aromatic heterocycles. The van der Waals surface area contributed by atoms with Crippen LogP contribution < -0.4 is 24.2 Å². The van der Waals surface area contributed by atoms with Crippen molar-refractivity contribution in [3.63, 3.8) is 0 Å². The molecule has 0 bridgehead atoms. The van der Waals surface area contributed by atoms with Crippen LogP contribution in [0.1, 0.15) is 34.5 Å². The van der Waals surface area contributed by atoms with Crippen LogP contribution in [0.5, 0.6) is 17.2 Å². The molecule has 0 radical (unpaired) electrons. The van der Waals surface area contributed by atoms with Gasteiger partial charge in [0.25, 0.3) is 15.9 Å². The van der Waals surface area contributed by atoms with E-state index in [4.69, 9.17) is 18.9 Å².